The van der Waals surface area contributed by atoms with Gasteiger partial charge >= 0.3 is 0 Å². The molecule has 0 bridgehead atoms. The summed E-state index contributed by atoms with van der Waals surface area (Å²) in [5.41, 5.74) is 0.483. The minimum Gasteiger partial charge on any atom is -0.341 e. The van der Waals surface area contributed by atoms with Gasteiger partial charge in [-0.3, -0.25) is 9.59 Å². The van der Waals surface area contributed by atoms with E-state index in [9.17, 15) is 9.59 Å². The molecule has 1 atom stereocenters. The van der Waals surface area contributed by atoms with Gasteiger partial charge < -0.3 is 10.2 Å². The number of hydrogen-bond acceptors (Lipinski definition) is 4. The average molecular weight is 345 g/mol. The Bertz CT molecular complexity index is 730. The van der Waals surface area contributed by atoms with Gasteiger partial charge in [-0.1, -0.05) is 44.2 Å². The number of aromatic nitrogens is 1. The summed E-state index contributed by atoms with van der Waals surface area (Å²) in [5, 5.41) is 3.56. The third-order valence-electron chi connectivity index (χ3n) is 4.25. The lowest BCUT2D eigenvalue weighted by Crippen LogP contribution is -2.47. The van der Waals surface area contributed by atoms with Crippen molar-refractivity contribution < 1.29 is 9.59 Å². The summed E-state index contributed by atoms with van der Waals surface area (Å²) >= 11 is 1.48. The van der Waals surface area contributed by atoms with Crippen molar-refractivity contribution in [3.05, 3.63) is 24.3 Å². The Morgan fingerprint density at radius 2 is 2.04 bits per heavy atom. The molecule has 0 saturated carbocycles. The molecule has 24 heavy (non-hydrogen) atoms. The number of piperidine rings is 1. The van der Waals surface area contributed by atoms with Crippen molar-refractivity contribution in [1.29, 1.82) is 0 Å². The number of carbonyl (C=O) groups excluding carboxylic acids is 2. The van der Waals surface area contributed by atoms with Crippen LogP contribution in [0, 0.1) is 11.3 Å². The molecule has 2 aromatic rings. The molecule has 1 aromatic carbocycles. The number of amides is 2. The quantitative estimate of drug-likeness (QED) is 0.906. The smallest absolute Gasteiger partial charge is 0.231 e. The number of rotatable bonds is 2. The summed E-state index contributed by atoms with van der Waals surface area (Å²) in [5.74, 6) is -0.0995. The lowest BCUT2D eigenvalue weighted by atomic mass is 9.91. The van der Waals surface area contributed by atoms with Gasteiger partial charge in [0.25, 0.3) is 0 Å². The van der Waals surface area contributed by atoms with Crippen LogP contribution in [0.15, 0.2) is 24.3 Å². The first-order valence-corrected chi connectivity index (χ1v) is 9.12. The van der Waals surface area contributed by atoms with Crippen LogP contribution in [0.1, 0.15) is 33.6 Å². The predicted octanol–water partition coefficient (Wildman–Crippen LogP) is 3.52. The van der Waals surface area contributed by atoms with Crippen molar-refractivity contribution in [2.75, 3.05) is 18.4 Å². The third-order valence-corrected chi connectivity index (χ3v) is 5.20. The van der Waals surface area contributed by atoms with Crippen molar-refractivity contribution >= 4 is 38.5 Å². The Morgan fingerprint density at radius 3 is 2.75 bits per heavy atom. The van der Waals surface area contributed by atoms with Gasteiger partial charge in [0.1, 0.15) is 0 Å². The summed E-state index contributed by atoms with van der Waals surface area (Å²) < 4.78 is 1.06. The van der Waals surface area contributed by atoms with Crippen molar-refractivity contribution in [1.82, 2.24) is 9.88 Å². The zero-order valence-corrected chi connectivity index (χ0v) is 15.2. The number of anilines is 1. The lowest BCUT2D eigenvalue weighted by molar-refractivity contribution is -0.142. The number of benzene rings is 1. The molecule has 6 heteroatoms. The summed E-state index contributed by atoms with van der Waals surface area (Å²) in [7, 11) is 0. The topological polar surface area (TPSA) is 62.3 Å². The Hall–Kier alpha value is -1.95. The molecule has 0 radical (unpaired) electrons. The molecule has 0 spiro atoms. The number of fused-ring (bicyclic) bond motifs is 1. The van der Waals surface area contributed by atoms with Crippen molar-refractivity contribution in [3.63, 3.8) is 0 Å². The minimum atomic E-state index is -0.411. The summed E-state index contributed by atoms with van der Waals surface area (Å²) in [6, 6.07) is 7.83. The van der Waals surface area contributed by atoms with Crippen LogP contribution in [0.3, 0.4) is 0 Å². The molecular formula is C18H23N3O2S. The van der Waals surface area contributed by atoms with Crippen LogP contribution in [0.25, 0.3) is 10.2 Å². The second kappa shape index (κ2) is 6.51. The summed E-state index contributed by atoms with van der Waals surface area (Å²) in [6.07, 6.45) is 1.67. The van der Waals surface area contributed by atoms with Crippen LogP contribution in [0.2, 0.25) is 0 Å². The number of likely N-dealkylation sites (tertiary alicyclic amines) is 1. The maximum atomic E-state index is 12.6. The molecule has 2 amide bonds. The second-order valence-electron chi connectivity index (χ2n) is 7.32. The highest BCUT2D eigenvalue weighted by Crippen LogP contribution is 2.28. The first kappa shape index (κ1) is 16.9. The molecule has 128 valence electrons. The van der Waals surface area contributed by atoms with Gasteiger partial charge in [0.05, 0.1) is 16.1 Å². The molecular weight excluding hydrogens is 322 g/mol. The second-order valence-corrected chi connectivity index (χ2v) is 8.35. The van der Waals surface area contributed by atoms with Gasteiger partial charge in [0.15, 0.2) is 5.13 Å². The molecule has 1 saturated heterocycles. The fourth-order valence-electron chi connectivity index (χ4n) is 2.98. The van der Waals surface area contributed by atoms with Crippen LogP contribution >= 0.6 is 11.3 Å². The van der Waals surface area contributed by atoms with E-state index in [0.717, 1.165) is 29.6 Å². The molecule has 0 aliphatic carbocycles. The molecule has 3 rings (SSSR count). The van der Waals surface area contributed by atoms with Crippen LogP contribution in [-0.2, 0) is 9.59 Å². The monoisotopic (exact) mass is 345 g/mol. The normalized spacial score (nSPS) is 18.6. The average Bonchev–Trinajstić information content (AvgIpc) is 2.95. The standard InChI is InChI=1S/C18H23N3O2S/c1-18(2,3)16(23)21-10-6-7-12(11-21)15(22)20-17-19-13-8-4-5-9-14(13)24-17/h4-5,8-9,12H,6-7,10-11H2,1-3H3,(H,19,20,22)/t12-/m1/s1. The van der Waals surface area contributed by atoms with E-state index in [-0.39, 0.29) is 17.7 Å². The fraction of sp³-hybridized carbons (Fsp3) is 0.500. The molecule has 1 fully saturated rings. The van der Waals surface area contributed by atoms with Gasteiger partial charge in [-0.2, -0.15) is 0 Å². The van der Waals surface area contributed by atoms with E-state index < -0.39 is 5.41 Å². The van der Waals surface area contributed by atoms with Gasteiger partial charge in [-0.25, -0.2) is 4.98 Å². The van der Waals surface area contributed by atoms with E-state index in [1.54, 1.807) is 0 Å². The third kappa shape index (κ3) is 3.59. The Kier molecular flexibility index (Phi) is 4.58. The Morgan fingerprint density at radius 1 is 1.29 bits per heavy atom. The van der Waals surface area contributed by atoms with Crippen molar-refractivity contribution in [2.24, 2.45) is 11.3 Å². The molecule has 0 unspecified atom stereocenters. The van der Waals surface area contributed by atoms with E-state index in [1.165, 1.54) is 11.3 Å². The predicted molar refractivity (Wildman–Crippen MR) is 97.0 cm³/mol. The molecule has 5 nitrogen and oxygen atoms in total. The SMILES string of the molecule is CC(C)(C)C(=O)N1CCC[C@@H](C(=O)Nc2nc3ccccc3s2)C1. The number of para-hydroxylation sites is 1. The van der Waals surface area contributed by atoms with Crippen molar-refractivity contribution in [2.45, 2.75) is 33.6 Å². The highest BCUT2D eigenvalue weighted by atomic mass is 32.1. The molecule has 1 N–H and O–H groups in total. The molecule has 1 aromatic heterocycles. The van der Waals surface area contributed by atoms with Crippen LogP contribution in [-0.4, -0.2) is 34.8 Å². The van der Waals surface area contributed by atoms with E-state index in [1.807, 2.05) is 49.9 Å². The summed E-state index contributed by atoms with van der Waals surface area (Å²) in [6.45, 7) is 6.98. The van der Waals surface area contributed by atoms with Gasteiger partial charge in [-0.05, 0) is 25.0 Å². The zero-order valence-electron chi connectivity index (χ0n) is 14.3. The molecule has 1 aliphatic heterocycles. The minimum absolute atomic E-state index is 0.0412. The zero-order chi connectivity index (χ0) is 17.3. The van der Waals surface area contributed by atoms with E-state index in [2.05, 4.69) is 10.3 Å². The summed E-state index contributed by atoms with van der Waals surface area (Å²) in [4.78, 5) is 31.3. The molecule has 1 aliphatic rings. The number of thiazole rings is 1. The van der Waals surface area contributed by atoms with E-state index in [4.69, 9.17) is 0 Å². The largest absolute Gasteiger partial charge is 0.341 e. The lowest BCUT2D eigenvalue weighted by Gasteiger charge is -2.35. The Balaban J connectivity index is 1.67. The van der Waals surface area contributed by atoms with Gasteiger partial charge in [0.2, 0.25) is 11.8 Å². The van der Waals surface area contributed by atoms with E-state index >= 15 is 0 Å². The number of carbonyl (C=O) groups is 2. The highest BCUT2D eigenvalue weighted by molar-refractivity contribution is 7.22. The number of nitrogens with one attached hydrogen (secondary N) is 1. The maximum Gasteiger partial charge on any atom is 0.231 e. The first-order chi connectivity index (χ1) is 11.3. The van der Waals surface area contributed by atoms with Crippen molar-refractivity contribution in [3.8, 4) is 0 Å². The molecule has 2 heterocycles. The number of nitrogens with zero attached hydrogens (tertiary/aromatic N) is 2. The van der Waals surface area contributed by atoms with Crippen LogP contribution in [0.4, 0.5) is 5.13 Å². The van der Waals surface area contributed by atoms with Crippen LogP contribution in [0.5, 0.6) is 0 Å². The fourth-order valence-corrected chi connectivity index (χ4v) is 3.85. The van der Waals surface area contributed by atoms with E-state index in [0.29, 0.717) is 11.7 Å². The highest BCUT2D eigenvalue weighted by Gasteiger charge is 2.33. The van der Waals surface area contributed by atoms with Crippen LogP contribution < -0.4 is 5.32 Å². The van der Waals surface area contributed by atoms with Gasteiger partial charge in [-0.15, -0.1) is 0 Å². The Labute approximate surface area is 146 Å². The first-order valence-electron chi connectivity index (χ1n) is 8.30. The number of hydrogen-bond donors (Lipinski definition) is 1. The maximum absolute atomic E-state index is 12.6. The van der Waals surface area contributed by atoms with Gasteiger partial charge in [0, 0.05) is 18.5 Å².